The van der Waals surface area contributed by atoms with Crippen molar-refractivity contribution >= 4 is 11.2 Å². The predicted octanol–water partition coefficient (Wildman–Crippen LogP) is -2.82. The summed E-state index contributed by atoms with van der Waals surface area (Å²) in [6, 6.07) is 3.39. The number of hydrogen-bond acceptors (Lipinski definition) is 4. The van der Waals surface area contributed by atoms with E-state index in [4.69, 9.17) is 0 Å². The maximum absolute atomic E-state index is 10.7. The van der Waals surface area contributed by atoms with E-state index in [2.05, 4.69) is 15.3 Å². The van der Waals surface area contributed by atoms with Crippen LogP contribution in [-0.4, -0.2) is 20.1 Å². The van der Waals surface area contributed by atoms with Gasteiger partial charge in [-0.15, -0.1) is 5.10 Å². The second kappa shape index (κ2) is 3.59. The molecule has 0 unspecified atom stereocenters. The Morgan fingerprint density at radius 2 is 2.27 bits per heavy atom. The molecule has 0 atom stereocenters. The first-order valence-electron chi connectivity index (χ1n) is 2.72. The predicted molar refractivity (Wildman–Crippen MR) is 34.1 cm³/mol. The molecule has 11 heavy (non-hydrogen) atoms. The molecule has 0 saturated carbocycles. The molecule has 5 nitrogen and oxygen atoms in total. The van der Waals surface area contributed by atoms with Gasteiger partial charge in [0.25, 0.3) is 0 Å². The number of nitrogens with zero attached hydrogens (tertiary/aromatic N) is 4. The number of fused-ring (bicyclic) bond motifs is 1. The Morgan fingerprint density at radius 1 is 1.45 bits per heavy atom. The summed E-state index contributed by atoms with van der Waals surface area (Å²) in [7, 11) is 0. The van der Waals surface area contributed by atoms with Crippen LogP contribution in [0.4, 0.5) is 0 Å². The first kappa shape index (κ1) is 9.08. The summed E-state index contributed by atoms with van der Waals surface area (Å²) in [5, 5.41) is 17.5. The molecule has 0 spiro atoms. The standard InChI is InChI=1S/C5H3N4O.K/c10-9-5-4(7-8-9)2-1-3-6-5;/h1-3H;/q-1;+1. The largest absolute Gasteiger partial charge is 1.00 e. The summed E-state index contributed by atoms with van der Waals surface area (Å²) >= 11 is 0. The Morgan fingerprint density at radius 3 is 3.00 bits per heavy atom. The molecule has 2 heterocycles. The molecule has 2 rings (SSSR count). The van der Waals surface area contributed by atoms with Crippen molar-refractivity contribution in [3.63, 3.8) is 0 Å². The molecular weight excluding hydrogens is 171 g/mol. The Bertz CT molecular complexity index is 360. The zero-order valence-corrected chi connectivity index (χ0v) is 9.05. The van der Waals surface area contributed by atoms with E-state index in [0.29, 0.717) is 10.4 Å². The SMILES string of the molecule is [K+].[O-]n1nnc2cccnc21. The first-order chi connectivity index (χ1) is 4.88. The van der Waals surface area contributed by atoms with Crippen LogP contribution >= 0.6 is 0 Å². The molecule has 0 radical (unpaired) electrons. The van der Waals surface area contributed by atoms with Crippen LogP contribution in [0.3, 0.4) is 0 Å². The third-order valence-electron chi connectivity index (χ3n) is 1.18. The van der Waals surface area contributed by atoms with Gasteiger partial charge in [-0.05, 0) is 12.1 Å². The van der Waals surface area contributed by atoms with Gasteiger partial charge in [0.1, 0.15) is 5.52 Å². The van der Waals surface area contributed by atoms with Crippen LogP contribution in [0.5, 0.6) is 0 Å². The van der Waals surface area contributed by atoms with Crippen LogP contribution in [0, 0.1) is 5.21 Å². The zero-order valence-electron chi connectivity index (χ0n) is 5.93. The average Bonchev–Trinajstić information content (AvgIpc) is 2.34. The molecule has 0 aromatic carbocycles. The van der Waals surface area contributed by atoms with Gasteiger partial charge in [0.2, 0.25) is 0 Å². The summed E-state index contributed by atoms with van der Waals surface area (Å²) in [5.41, 5.74) is 0.792. The second-order valence-corrected chi connectivity index (χ2v) is 1.81. The van der Waals surface area contributed by atoms with Crippen LogP contribution in [0.1, 0.15) is 0 Å². The normalized spacial score (nSPS) is 9.45. The summed E-state index contributed by atoms with van der Waals surface area (Å²) in [5.74, 6) is 0. The molecule has 0 aliphatic rings. The van der Waals surface area contributed by atoms with Crippen molar-refractivity contribution < 1.29 is 51.4 Å². The molecule has 0 aliphatic heterocycles. The second-order valence-electron chi connectivity index (χ2n) is 1.81. The Kier molecular flexibility index (Phi) is 2.96. The first-order valence-corrected chi connectivity index (χ1v) is 2.72. The number of hydrogen-bond donors (Lipinski definition) is 0. The van der Waals surface area contributed by atoms with Crippen molar-refractivity contribution in [3.05, 3.63) is 23.5 Å². The van der Waals surface area contributed by atoms with E-state index < -0.39 is 0 Å². The van der Waals surface area contributed by atoms with Gasteiger partial charge >= 0.3 is 51.4 Å². The van der Waals surface area contributed by atoms with Gasteiger partial charge in [-0.2, -0.15) is 0 Å². The molecule has 0 N–H and O–H groups in total. The van der Waals surface area contributed by atoms with E-state index in [0.717, 1.165) is 0 Å². The minimum absolute atomic E-state index is 0. The zero-order chi connectivity index (χ0) is 6.97. The maximum atomic E-state index is 10.7. The Labute approximate surface area is 105 Å². The topological polar surface area (TPSA) is 66.7 Å². The summed E-state index contributed by atoms with van der Waals surface area (Å²) in [4.78, 5) is 4.16. The van der Waals surface area contributed by atoms with Crippen molar-refractivity contribution in [2.45, 2.75) is 0 Å². The van der Waals surface area contributed by atoms with Gasteiger partial charge in [0.05, 0.1) is 0 Å². The molecule has 0 amide bonds. The fourth-order valence-corrected chi connectivity index (χ4v) is 0.745. The monoisotopic (exact) mass is 174 g/mol. The van der Waals surface area contributed by atoms with E-state index >= 15 is 0 Å². The van der Waals surface area contributed by atoms with Crippen LogP contribution in [0.25, 0.3) is 11.2 Å². The molecule has 6 heteroatoms. The van der Waals surface area contributed by atoms with E-state index in [9.17, 15) is 5.21 Å². The number of aromatic nitrogens is 4. The van der Waals surface area contributed by atoms with Crippen molar-refractivity contribution in [2.24, 2.45) is 0 Å². The van der Waals surface area contributed by atoms with E-state index in [1.165, 1.54) is 6.20 Å². The third-order valence-corrected chi connectivity index (χ3v) is 1.18. The summed E-state index contributed by atoms with van der Waals surface area (Å²) in [6.45, 7) is 0. The molecular formula is C5H3KN4O. The van der Waals surface area contributed by atoms with Crippen molar-refractivity contribution in [3.8, 4) is 0 Å². The molecule has 2 aromatic heterocycles. The number of pyridine rings is 1. The smallest absolute Gasteiger partial charge is 0.788 e. The minimum atomic E-state index is 0. The Hall–Kier alpha value is -0.0136. The number of rotatable bonds is 0. The van der Waals surface area contributed by atoms with Gasteiger partial charge in [-0.1, -0.05) is 5.21 Å². The van der Waals surface area contributed by atoms with Crippen LogP contribution in [0.2, 0.25) is 0 Å². The van der Waals surface area contributed by atoms with Crippen LogP contribution in [0.15, 0.2) is 18.3 Å². The van der Waals surface area contributed by atoms with Gasteiger partial charge < -0.3 is 5.21 Å². The minimum Gasteiger partial charge on any atom is -0.788 e. The van der Waals surface area contributed by atoms with E-state index in [1.807, 2.05) is 0 Å². The molecule has 0 bridgehead atoms. The summed E-state index contributed by atoms with van der Waals surface area (Å²) in [6.07, 6.45) is 1.53. The quantitative estimate of drug-likeness (QED) is 0.404. The third kappa shape index (κ3) is 1.59. The Balaban J connectivity index is 0.000000605. The van der Waals surface area contributed by atoms with E-state index in [1.54, 1.807) is 12.1 Å². The fourth-order valence-electron chi connectivity index (χ4n) is 0.745. The molecule has 0 aliphatic carbocycles. The van der Waals surface area contributed by atoms with E-state index in [-0.39, 0.29) is 57.0 Å². The van der Waals surface area contributed by atoms with Gasteiger partial charge in [-0.3, -0.25) is 4.85 Å². The van der Waals surface area contributed by atoms with Gasteiger partial charge in [0.15, 0.2) is 5.65 Å². The van der Waals surface area contributed by atoms with Crippen molar-refractivity contribution in [2.75, 3.05) is 0 Å². The summed E-state index contributed by atoms with van der Waals surface area (Å²) < 4.78 is 0. The molecule has 0 fully saturated rings. The fraction of sp³-hybridized carbons (Fsp3) is 0. The van der Waals surface area contributed by atoms with Crippen molar-refractivity contribution in [1.29, 1.82) is 0 Å². The average molecular weight is 174 g/mol. The van der Waals surface area contributed by atoms with Crippen LogP contribution in [-0.2, 0) is 0 Å². The van der Waals surface area contributed by atoms with Gasteiger partial charge in [-0.25, -0.2) is 4.98 Å². The molecule has 0 saturated heterocycles. The van der Waals surface area contributed by atoms with Crippen molar-refractivity contribution in [1.82, 2.24) is 20.1 Å². The van der Waals surface area contributed by atoms with Gasteiger partial charge in [0, 0.05) is 6.20 Å². The molecule has 2 aromatic rings. The maximum Gasteiger partial charge on any atom is 1.00 e. The molecule has 50 valence electrons. The van der Waals surface area contributed by atoms with Crippen LogP contribution < -0.4 is 51.4 Å².